The Morgan fingerprint density at radius 1 is 1.26 bits per heavy atom. The van der Waals surface area contributed by atoms with Gasteiger partial charge in [0, 0.05) is 12.1 Å². The molecule has 1 aromatic carbocycles. The molecule has 0 aliphatic carbocycles. The number of nitrogens with one attached hydrogen (secondary N) is 1. The van der Waals surface area contributed by atoms with Gasteiger partial charge in [-0.15, -0.1) is 0 Å². The Morgan fingerprint density at radius 2 is 1.84 bits per heavy atom. The van der Waals surface area contributed by atoms with E-state index in [1.165, 1.54) is 16.7 Å². The lowest BCUT2D eigenvalue weighted by Gasteiger charge is -2.12. The Labute approximate surface area is 117 Å². The van der Waals surface area contributed by atoms with Gasteiger partial charge in [0.25, 0.3) is 0 Å². The summed E-state index contributed by atoms with van der Waals surface area (Å²) in [6, 6.07) is 4.34. The van der Waals surface area contributed by atoms with Gasteiger partial charge in [0.05, 0.1) is 5.71 Å². The van der Waals surface area contributed by atoms with E-state index in [0.717, 1.165) is 24.2 Å². The first-order valence-electron chi connectivity index (χ1n) is 6.71. The number of rotatable bonds is 6. The Bertz CT molecular complexity index is 487. The largest absolute Gasteiger partial charge is 0.371 e. The summed E-state index contributed by atoms with van der Waals surface area (Å²) in [6.07, 6.45) is 2.85. The maximum atomic E-state index is 4.55. The molecule has 1 N–H and O–H groups in total. The van der Waals surface area contributed by atoms with Crippen molar-refractivity contribution in [3.05, 3.63) is 59.4 Å². The molecule has 2 heteroatoms. The molecular formula is C17H24N2. The van der Waals surface area contributed by atoms with Crippen molar-refractivity contribution in [2.24, 2.45) is 4.99 Å². The van der Waals surface area contributed by atoms with Crippen molar-refractivity contribution < 1.29 is 0 Å². The van der Waals surface area contributed by atoms with E-state index in [2.05, 4.69) is 63.3 Å². The first-order valence-corrected chi connectivity index (χ1v) is 6.71. The van der Waals surface area contributed by atoms with Gasteiger partial charge in [-0.25, -0.2) is 4.99 Å². The average molecular weight is 256 g/mol. The lowest BCUT2D eigenvalue weighted by Crippen LogP contribution is -2.14. The smallest absolute Gasteiger partial charge is 0.119 e. The minimum absolute atomic E-state index is 0.691. The van der Waals surface area contributed by atoms with E-state index in [-0.39, 0.29) is 0 Å². The van der Waals surface area contributed by atoms with E-state index in [0.29, 0.717) is 5.82 Å². The van der Waals surface area contributed by atoms with E-state index >= 15 is 0 Å². The van der Waals surface area contributed by atoms with Crippen molar-refractivity contribution >= 4 is 5.71 Å². The zero-order chi connectivity index (χ0) is 14.4. The summed E-state index contributed by atoms with van der Waals surface area (Å²) in [5.41, 5.74) is 5.74. The second-order valence-corrected chi connectivity index (χ2v) is 4.85. The fourth-order valence-electron chi connectivity index (χ4n) is 2.24. The number of allylic oxidation sites excluding steroid dienone is 1. The normalized spacial score (nSPS) is 11.3. The number of hydrogen-bond acceptors (Lipinski definition) is 2. The van der Waals surface area contributed by atoms with Crippen LogP contribution >= 0.6 is 0 Å². The van der Waals surface area contributed by atoms with Gasteiger partial charge in [-0.05, 0) is 44.4 Å². The molecule has 1 aromatic rings. The molecule has 0 saturated carbocycles. The van der Waals surface area contributed by atoms with E-state index in [9.17, 15) is 0 Å². The molecule has 0 unspecified atom stereocenters. The number of benzene rings is 1. The van der Waals surface area contributed by atoms with Gasteiger partial charge in [-0.3, -0.25) is 0 Å². The molecule has 0 amide bonds. The summed E-state index contributed by atoms with van der Waals surface area (Å²) in [5, 5.41) is 3.19. The van der Waals surface area contributed by atoms with Crippen LogP contribution in [0.2, 0.25) is 0 Å². The number of aliphatic imine (C=N–C) groups is 1. The van der Waals surface area contributed by atoms with Crippen LogP contribution in [0.4, 0.5) is 0 Å². The molecule has 1 rings (SSSR count). The molecule has 0 saturated heterocycles. The standard InChI is InChI=1S/C17H24N2/c1-7-9-18-15(6)19-16(8-2)17-13(4)10-12(3)11-14(17)5/h8,10-11,18H,2,6-7,9H2,1,3-5H3/b19-16+. The summed E-state index contributed by atoms with van der Waals surface area (Å²) < 4.78 is 0. The van der Waals surface area contributed by atoms with Gasteiger partial charge in [-0.1, -0.05) is 37.8 Å². The van der Waals surface area contributed by atoms with Crippen LogP contribution in [-0.2, 0) is 0 Å². The highest BCUT2D eigenvalue weighted by Crippen LogP contribution is 2.18. The molecule has 0 radical (unpaired) electrons. The van der Waals surface area contributed by atoms with Crippen LogP contribution in [0.1, 0.15) is 35.6 Å². The highest BCUT2D eigenvalue weighted by molar-refractivity contribution is 6.10. The predicted octanol–water partition coefficient (Wildman–Crippen LogP) is 4.06. The van der Waals surface area contributed by atoms with Crippen LogP contribution < -0.4 is 5.32 Å². The fraction of sp³-hybridized carbons (Fsp3) is 0.353. The van der Waals surface area contributed by atoms with Crippen molar-refractivity contribution in [3.63, 3.8) is 0 Å². The number of hydrogen-bond donors (Lipinski definition) is 1. The quantitative estimate of drug-likeness (QED) is 0.763. The third-order valence-electron chi connectivity index (χ3n) is 2.96. The number of nitrogens with zero attached hydrogens (tertiary/aromatic N) is 1. The Balaban J connectivity index is 3.14. The molecule has 0 atom stereocenters. The zero-order valence-electron chi connectivity index (χ0n) is 12.5. The molecule has 0 fully saturated rings. The second kappa shape index (κ2) is 6.93. The molecule has 0 spiro atoms. The summed E-state index contributed by atoms with van der Waals surface area (Å²) in [7, 11) is 0. The third kappa shape index (κ3) is 4.09. The van der Waals surface area contributed by atoms with Crippen LogP contribution in [-0.4, -0.2) is 12.3 Å². The van der Waals surface area contributed by atoms with Crippen molar-refractivity contribution in [1.29, 1.82) is 0 Å². The van der Waals surface area contributed by atoms with E-state index < -0.39 is 0 Å². The minimum Gasteiger partial charge on any atom is -0.371 e. The van der Waals surface area contributed by atoms with Crippen molar-refractivity contribution in [3.8, 4) is 0 Å². The van der Waals surface area contributed by atoms with Gasteiger partial charge in [0.1, 0.15) is 5.82 Å². The fourth-order valence-corrected chi connectivity index (χ4v) is 2.24. The minimum atomic E-state index is 0.691. The van der Waals surface area contributed by atoms with E-state index in [1.54, 1.807) is 6.08 Å². The van der Waals surface area contributed by atoms with E-state index in [4.69, 9.17) is 0 Å². The summed E-state index contributed by atoms with van der Waals surface area (Å²) >= 11 is 0. The van der Waals surface area contributed by atoms with Crippen molar-refractivity contribution in [2.75, 3.05) is 6.54 Å². The summed E-state index contributed by atoms with van der Waals surface area (Å²) in [6.45, 7) is 17.1. The summed E-state index contributed by atoms with van der Waals surface area (Å²) in [5.74, 6) is 0.691. The maximum absolute atomic E-state index is 4.55. The summed E-state index contributed by atoms with van der Waals surface area (Å²) in [4.78, 5) is 4.55. The predicted molar refractivity (Wildman–Crippen MR) is 84.8 cm³/mol. The highest BCUT2D eigenvalue weighted by Gasteiger charge is 2.08. The SMILES string of the molecule is C=C/C(=N\C(=C)NCCC)c1c(C)cc(C)cc1C. The van der Waals surface area contributed by atoms with Gasteiger partial charge >= 0.3 is 0 Å². The van der Waals surface area contributed by atoms with Crippen LogP contribution in [0.3, 0.4) is 0 Å². The lowest BCUT2D eigenvalue weighted by molar-refractivity contribution is 0.765. The van der Waals surface area contributed by atoms with E-state index in [1.807, 2.05) is 0 Å². The number of aryl methyl sites for hydroxylation is 3. The van der Waals surface area contributed by atoms with Crippen LogP contribution in [0, 0.1) is 20.8 Å². The van der Waals surface area contributed by atoms with Crippen LogP contribution in [0.25, 0.3) is 0 Å². The first kappa shape index (κ1) is 15.2. The Kier molecular flexibility index (Phi) is 5.56. The van der Waals surface area contributed by atoms with Crippen LogP contribution in [0.15, 0.2) is 42.2 Å². The molecule has 0 bridgehead atoms. The van der Waals surface area contributed by atoms with Crippen molar-refractivity contribution in [2.45, 2.75) is 34.1 Å². The Hall–Kier alpha value is -1.83. The molecular weight excluding hydrogens is 232 g/mol. The third-order valence-corrected chi connectivity index (χ3v) is 2.96. The Morgan fingerprint density at radius 3 is 2.32 bits per heavy atom. The monoisotopic (exact) mass is 256 g/mol. The van der Waals surface area contributed by atoms with Gasteiger partial charge in [-0.2, -0.15) is 0 Å². The average Bonchev–Trinajstić information content (AvgIpc) is 2.33. The van der Waals surface area contributed by atoms with Gasteiger partial charge in [0.2, 0.25) is 0 Å². The van der Waals surface area contributed by atoms with Gasteiger partial charge < -0.3 is 5.32 Å². The molecule has 0 aliphatic heterocycles. The van der Waals surface area contributed by atoms with Gasteiger partial charge in [0.15, 0.2) is 0 Å². The molecule has 0 heterocycles. The first-order chi connectivity index (χ1) is 8.99. The maximum Gasteiger partial charge on any atom is 0.119 e. The topological polar surface area (TPSA) is 24.4 Å². The zero-order valence-corrected chi connectivity index (χ0v) is 12.5. The molecule has 2 nitrogen and oxygen atoms in total. The molecule has 0 aliphatic rings. The second-order valence-electron chi connectivity index (χ2n) is 4.85. The van der Waals surface area contributed by atoms with Crippen LogP contribution in [0.5, 0.6) is 0 Å². The highest BCUT2D eigenvalue weighted by atomic mass is 15.0. The molecule has 102 valence electrons. The van der Waals surface area contributed by atoms with Crippen molar-refractivity contribution in [1.82, 2.24) is 5.32 Å². The molecule has 19 heavy (non-hydrogen) atoms. The lowest BCUT2D eigenvalue weighted by atomic mass is 9.96. The molecule has 0 aromatic heterocycles.